The van der Waals surface area contributed by atoms with Crippen molar-refractivity contribution in [3.63, 3.8) is 0 Å². The van der Waals surface area contributed by atoms with Crippen molar-refractivity contribution in [1.29, 1.82) is 0 Å². The van der Waals surface area contributed by atoms with E-state index in [9.17, 15) is 4.79 Å². The maximum atomic E-state index is 11.9. The van der Waals surface area contributed by atoms with E-state index >= 15 is 0 Å². The molecule has 4 nitrogen and oxygen atoms in total. The maximum absolute atomic E-state index is 11.9. The highest BCUT2D eigenvalue weighted by atomic mass is 35.5. The van der Waals surface area contributed by atoms with Crippen LogP contribution in [0, 0.1) is 0 Å². The zero-order valence-corrected chi connectivity index (χ0v) is 10.8. The Balaban J connectivity index is 3.29. The number of halogens is 1. The van der Waals surface area contributed by atoms with Gasteiger partial charge in [0.05, 0.1) is 21.3 Å². The molecule has 17 heavy (non-hydrogen) atoms. The molecule has 0 N–H and O–H groups in total. The smallest absolute Gasteiger partial charge is 0.171 e. The Morgan fingerprint density at radius 1 is 1.12 bits per heavy atom. The molecule has 1 aromatic carbocycles. The molecule has 0 radical (unpaired) electrons. The fourth-order valence-corrected chi connectivity index (χ4v) is 1.66. The second-order valence-corrected chi connectivity index (χ2v) is 3.65. The van der Waals surface area contributed by atoms with Crippen LogP contribution in [0.2, 0.25) is 0 Å². The first-order valence-corrected chi connectivity index (χ1v) is 5.60. The van der Waals surface area contributed by atoms with Crippen LogP contribution in [0.5, 0.6) is 17.2 Å². The zero-order valence-electron chi connectivity index (χ0n) is 10.1. The Morgan fingerprint density at radius 2 is 1.65 bits per heavy atom. The van der Waals surface area contributed by atoms with Crippen molar-refractivity contribution in [3.8, 4) is 17.2 Å². The van der Waals surface area contributed by atoms with E-state index in [-0.39, 0.29) is 18.1 Å². The van der Waals surface area contributed by atoms with E-state index in [4.69, 9.17) is 25.8 Å². The molecule has 1 rings (SSSR count). The Labute approximate surface area is 105 Å². The number of ether oxygens (including phenoxy) is 3. The maximum Gasteiger partial charge on any atom is 0.171 e. The van der Waals surface area contributed by atoms with Gasteiger partial charge in [0.25, 0.3) is 0 Å². The lowest BCUT2D eigenvalue weighted by Gasteiger charge is -2.13. The molecule has 0 unspecified atom stereocenters. The molecule has 0 saturated heterocycles. The van der Waals surface area contributed by atoms with Crippen LogP contribution in [0.15, 0.2) is 12.1 Å². The van der Waals surface area contributed by atoms with Crippen molar-refractivity contribution >= 4 is 17.4 Å². The topological polar surface area (TPSA) is 44.8 Å². The van der Waals surface area contributed by atoms with Gasteiger partial charge in [-0.1, -0.05) is 0 Å². The molecule has 0 aliphatic rings. The third-order valence-corrected chi connectivity index (χ3v) is 2.50. The first-order chi connectivity index (χ1) is 8.17. The van der Waals surface area contributed by atoms with Crippen molar-refractivity contribution in [2.24, 2.45) is 0 Å². The summed E-state index contributed by atoms with van der Waals surface area (Å²) in [4.78, 5) is 11.9. The number of hydrogen-bond donors (Lipinski definition) is 0. The first kappa shape index (κ1) is 13.6. The van der Waals surface area contributed by atoms with Crippen LogP contribution in [0.4, 0.5) is 0 Å². The fourth-order valence-electron chi connectivity index (χ4n) is 1.49. The predicted octanol–water partition coefficient (Wildman–Crippen LogP) is 2.52. The van der Waals surface area contributed by atoms with Gasteiger partial charge >= 0.3 is 0 Å². The minimum atomic E-state index is -0.114. The van der Waals surface area contributed by atoms with Crippen LogP contribution >= 0.6 is 11.6 Å². The molecule has 0 aliphatic heterocycles. The number of Topliss-reactive ketones (excluding diaryl/α,β-unsaturated/α-hetero) is 1. The summed E-state index contributed by atoms with van der Waals surface area (Å²) in [6, 6.07) is 3.29. The molecule has 0 aromatic heterocycles. The van der Waals surface area contributed by atoms with E-state index in [0.29, 0.717) is 22.8 Å². The minimum absolute atomic E-state index is 0.114. The average molecular weight is 259 g/mol. The fraction of sp³-hybridized carbons (Fsp3) is 0.417. The summed E-state index contributed by atoms with van der Waals surface area (Å²) in [7, 11) is 4.52. The largest absolute Gasteiger partial charge is 0.496 e. The van der Waals surface area contributed by atoms with Crippen LogP contribution in [-0.4, -0.2) is 33.0 Å². The van der Waals surface area contributed by atoms with Gasteiger partial charge in [-0.25, -0.2) is 0 Å². The third-order valence-electron chi connectivity index (χ3n) is 2.32. The normalized spacial score (nSPS) is 9.88. The number of alkyl halides is 1. The van der Waals surface area contributed by atoms with Crippen molar-refractivity contribution in [1.82, 2.24) is 0 Å². The van der Waals surface area contributed by atoms with Crippen LogP contribution in [0.3, 0.4) is 0 Å². The van der Waals surface area contributed by atoms with Gasteiger partial charge in [0.1, 0.15) is 22.8 Å². The van der Waals surface area contributed by atoms with Crippen LogP contribution in [0.25, 0.3) is 0 Å². The first-order valence-electron chi connectivity index (χ1n) is 5.07. The highest BCUT2D eigenvalue weighted by molar-refractivity contribution is 6.20. The summed E-state index contributed by atoms with van der Waals surface area (Å²) < 4.78 is 15.4. The summed E-state index contributed by atoms with van der Waals surface area (Å²) >= 11 is 5.57. The predicted molar refractivity (Wildman–Crippen MR) is 65.8 cm³/mol. The van der Waals surface area contributed by atoms with Gasteiger partial charge < -0.3 is 14.2 Å². The van der Waals surface area contributed by atoms with Gasteiger partial charge in [-0.15, -0.1) is 11.6 Å². The summed E-state index contributed by atoms with van der Waals surface area (Å²) in [5, 5.41) is 0. The van der Waals surface area contributed by atoms with Crippen LogP contribution in [0.1, 0.15) is 16.8 Å². The summed E-state index contributed by atoms with van der Waals surface area (Å²) in [5.74, 6) is 1.57. The van der Waals surface area contributed by atoms with E-state index in [1.807, 2.05) is 0 Å². The van der Waals surface area contributed by atoms with Gasteiger partial charge in [-0.2, -0.15) is 0 Å². The zero-order chi connectivity index (χ0) is 12.8. The molecule has 0 spiro atoms. The lowest BCUT2D eigenvalue weighted by molar-refractivity contribution is 0.0983. The third kappa shape index (κ3) is 3.03. The van der Waals surface area contributed by atoms with Crippen LogP contribution < -0.4 is 14.2 Å². The molecule has 94 valence electrons. The quantitative estimate of drug-likeness (QED) is 0.581. The van der Waals surface area contributed by atoms with Crippen molar-refractivity contribution < 1.29 is 19.0 Å². The molecule has 0 heterocycles. The SMILES string of the molecule is COc1cc(OC)c(C(=O)CCCl)c(OC)c1. The minimum Gasteiger partial charge on any atom is -0.496 e. The standard InChI is InChI=1S/C12H15ClO4/c1-15-8-6-10(16-2)12(9(14)4-5-13)11(7-8)17-3/h6-7H,4-5H2,1-3H3. The van der Waals surface area contributed by atoms with E-state index in [0.717, 1.165) is 0 Å². The highest BCUT2D eigenvalue weighted by Crippen LogP contribution is 2.34. The Kier molecular flexibility index (Phi) is 5.10. The van der Waals surface area contributed by atoms with Gasteiger partial charge in [-0.3, -0.25) is 4.79 Å². The summed E-state index contributed by atoms with van der Waals surface area (Å²) in [5.41, 5.74) is 0.399. The summed E-state index contributed by atoms with van der Waals surface area (Å²) in [6.45, 7) is 0. The molecule has 0 fully saturated rings. The molecule has 0 saturated carbocycles. The molecular formula is C12H15ClO4. The molecule has 0 aliphatic carbocycles. The van der Waals surface area contributed by atoms with Crippen molar-refractivity contribution in [2.45, 2.75) is 6.42 Å². The number of rotatable bonds is 6. The highest BCUT2D eigenvalue weighted by Gasteiger charge is 2.19. The van der Waals surface area contributed by atoms with E-state index < -0.39 is 0 Å². The number of methoxy groups -OCH3 is 3. The molecule has 0 bridgehead atoms. The number of benzene rings is 1. The number of carbonyl (C=O) groups is 1. The molecule has 1 aromatic rings. The Hall–Kier alpha value is -1.42. The molecule has 0 amide bonds. The number of hydrogen-bond acceptors (Lipinski definition) is 4. The number of ketones is 1. The Morgan fingerprint density at radius 3 is 2.00 bits per heavy atom. The van der Waals surface area contributed by atoms with Crippen LogP contribution in [-0.2, 0) is 0 Å². The monoisotopic (exact) mass is 258 g/mol. The number of carbonyl (C=O) groups excluding carboxylic acids is 1. The van der Waals surface area contributed by atoms with Gasteiger partial charge in [0.15, 0.2) is 5.78 Å². The lowest BCUT2D eigenvalue weighted by Crippen LogP contribution is -2.06. The van der Waals surface area contributed by atoms with Gasteiger partial charge in [0.2, 0.25) is 0 Å². The molecular weight excluding hydrogens is 244 g/mol. The second kappa shape index (κ2) is 6.35. The Bertz CT molecular complexity index is 378. The van der Waals surface area contributed by atoms with Gasteiger partial charge in [-0.05, 0) is 0 Å². The molecule has 5 heteroatoms. The van der Waals surface area contributed by atoms with Gasteiger partial charge in [0, 0.05) is 24.4 Å². The summed E-state index contributed by atoms with van der Waals surface area (Å²) in [6.07, 6.45) is 0.237. The van der Waals surface area contributed by atoms with E-state index in [1.54, 1.807) is 12.1 Å². The lowest BCUT2D eigenvalue weighted by atomic mass is 10.1. The molecule has 0 atom stereocenters. The van der Waals surface area contributed by atoms with Crippen molar-refractivity contribution in [2.75, 3.05) is 27.2 Å². The van der Waals surface area contributed by atoms with Crippen molar-refractivity contribution in [3.05, 3.63) is 17.7 Å². The average Bonchev–Trinajstić information content (AvgIpc) is 2.37. The van der Waals surface area contributed by atoms with E-state index in [1.165, 1.54) is 21.3 Å². The second-order valence-electron chi connectivity index (χ2n) is 3.27. The van der Waals surface area contributed by atoms with E-state index in [2.05, 4.69) is 0 Å².